The number of fused-ring (bicyclic) bond motifs is 3. The lowest BCUT2D eigenvalue weighted by molar-refractivity contribution is -0.112. The van der Waals surface area contributed by atoms with Gasteiger partial charge in [0, 0.05) is 5.39 Å². The van der Waals surface area contributed by atoms with Gasteiger partial charge in [0.2, 0.25) is 0 Å². The zero-order valence-electron chi connectivity index (χ0n) is 11.1. The summed E-state index contributed by atoms with van der Waals surface area (Å²) in [5, 5.41) is 4.61. The molecule has 21 heavy (non-hydrogen) atoms. The van der Waals surface area contributed by atoms with Crippen molar-refractivity contribution in [2.24, 2.45) is 0 Å². The summed E-state index contributed by atoms with van der Waals surface area (Å²) in [5.41, 5.74) is 2.84. The Bertz CT molecular complexity index is 898. The largest absolute Gasteiger partial charge is 0.318 e. The van der Waals surface area contributed by atoms with Crippen molar-refractivity contribution in [3.63, 3.8) is 0 Å². The van der Waals surface area contributed by atoms with Gasteiger partial charge in [0.05, 0.1) is 11.3 Å². The van der Waals surface area contributed by atoms with Crippen LogP contribution in [0.2, 0.25) is 0 Å². The number of benzene rings is 3. The average Bonchev–Trinajstić information content (AvgIpc) is 2.83. The third-order valence-electron chi connectivity index (χ3n) is 3.81. The highest BCUT2D eigenvalue weighted by molar-refractivity contribution is 6.54. The fourth-order valence-electron chi connectivity index (χ4n) is 2.84. The molecule has 1 aliphatic rings. The Hall–Kier alpha value is -2.94. The predicted octanol–water partition coefficient (Wildman–Crippen LogP) is 3.64. The summed E-state index contributed by atoms with van der Waals surface area (Å²) in [4.78, 5) is 24.0. The molecule has 4 rings (SSSR count). The Morgan fingerprint density at radius 3 is 2.33 bits per heavy atom. The van der Waals surface area contributed by atoms with Crippen molar-refractivity contribution in [1.29, 1.82) is 0 Å². The topological polar surface area (TPSA) is 46.2 Å². The smallest absolute Gasteiger partial charge is 0.296 e. The van der Waals surface area contributed by atoms with E-state index in [4.69, 9.17) is 0 Å². The zero-order chi connectivity index (χ0) is 14.4. The molecular weight excluding hydrogens is 262 g/mol. The molecule has 0 aromatic heterocycles. The van der Waals surface area contributed by atoms with Crippen LogP contribution in [-0.2, 0) is 4.79 Å². The normalized spacial score (nSPS) is 13.3. The molecule has 3 nitrogen and oxygen atoms in total. The van der Waals surface area contributed by atoms with E-state index in [0.29, 0.717) is 11.3 Å². The molecule has 3 heteroatoms. The van der Waals surface area contributed by atoms with Crippen LogP contribution in [0.3, 0.4) is 0 Å². The summed E-state index contributed by atoms with van der Waals surface area (Å²) in [6.07, 6.45) is 0. The number of ketones is 1. The maximum Gasteiger partial charge on any atom is 0.296 e. The molecule has 1 N–H and O–H groups in total. The molecule has 0 unspecified atom stereocenters. The number of nitrogens with one attached hydrogen (secondary N) is 1. The van der Waals surface area contributed by atoms with Gasteiger partial charge < -0.3 is 5.32 Å². The fraction of sp³-hybridized carbons (Fsp3) is 0. The predicted molar refractivity (Wildman–Crippen MR) is 82.3 cm³/mol. The first-order valence-electron chi connectivity index (χ1n) is 6.72. The second kappa shape index (κ2) is 4.28. The minimum Gasteiger partial charge on any atom is -0.318 e. The van der Waals surface area contributed by atoms with Crippen molar-refractivity contribution in [3.05, 3.63) is 66.2 Å². The number of carbonyl (C=O) groups excluding carboxylic acids is 2. The van der Waals surface area contributed by atoms with Crippen molar-refractivity contribution in [2.45, 2.75) is 0 Å². The minimum atomic E-state index is -0.557. The standard InChI is InChI=1S/C18H11NO2/c20-17-15-14(11-6-2-1-3-7-11)10-12-8-4-5-9-13(12)16(15)19-18(17)21/h1-10H,(H,19,20,21). The Kier molecular flexibility index (Phi) is 2.42. The van der Waals surface area contributed by atoms with Crippen LogP contribution in [0.15, 0.2) is 60.7 Å². The zero-order valence-corrected chi connectivity index (χ0v) is 11.1. The number of Topliss-reactive ketones (excluding diaryl/α,β-unsaturated/α-hetero) is 1. The van der Waals surface area contributed by atoms with E-state index >= 15 is 0 Å². The van der Waals surface area contributed by atoms with Gasteiger partial charge in [-0.25, -0.2) is 0 Å². The number of hydrogen-bond acceptors (Lipinski definition) is 2. The molecule has 100 valence electrons. The Morgan fingerprint density at radius 2 is 1.52 bits per heavy atom. The molecule has 3 aromatic rings. The molecule has 3 aromatic carbocycles. The van der Waals surface area contributed by atoms with E-state index in [1.165, 1.54) is 0 Å². The maximum atomic E-state index is 12.2. The molecule has 0 saturated heterocycles. The number of amides is 1. The fourth-order valence-corrected chi connectivity index (χ4v) is 2.84. The lowest BCUT2D eigenvalue weighted by Gasteiger charge is -2.10. The molecule has 0 saturated carbocycles. The van der Waals surface area contributed by atoms with Crippen molar-refractivity contribution in [3.8, 4) is 11.1 Å². The summed E-state index contributed by atoms with van der Waals surface area (Å²) >= 11 is 0. The van der Waals surface area contributed by atoms with Crippen LogP contribution in [0.5, 0.6) is 0 Å². The first kappa shape index (κ1) is 11.9. The SMILES string of the molecule is O=C1Nc2c(c(-c3ccccc3)cc3ccccc23)C1=O. The molecule has 0 spiro atoms. The third-order valence-corrected chi connectivity index (χ3v) is 3.81. The van der Waals surface area contributed by atoms with Crippen molar-refractivity contribution in [2.75, 3.05) is 5.32 Å². The Balaban J connectivity index is 2.13. The van der Waals surface area contributed by atoms with Gasteiger partial charge in [0.25, 0.3) is 11.7 Å². The van der Waals surface area contributed by atoms with Crippen molar-refractivity contribution in [1.82, 2.24) is 0 Å². The lowest BCUT2D eigenvalue weighted by atomic mass is 9.93. The van der Waals surface area contributed by atoms with E-state index in [9.17, 15) is 9.59 Å². The lowest BCUT2D eigenvalue weighted by Crippen LogP contribution is -2.12. The van der Waals surface area contributed by atoms with E-state index in [2.05, 4.69) is 5.32 Å². The van der Waals surface area contributed by atoms with Gasteiger partial charge in [-0.15, -0.1) is 0 Å². The first-order valence-corrected chi connectivity index (χ1v) is 6.72. The highest BCUT2D eigenvalue weighted by Crippen LogP contribution is 2.39. The van der Waals surface area contributed by atoms with Gasteiger partial charge >= 0.3 is 0 Å². The third kappa shape index (κ3) is 1.68. The quantitative estimate of drug-likeness (QED) is 0.688. The van der Waals surface area contributed by atoms with Crippen LogP contribution in [0.1, 0.15) is 10.4 Å². The molecule has 1 heterocycles. The second-order valence-corrected chi connectivity index (χ2v) is 5.04. The summed E-state index contributed by atoms with van der Waals surface area (Å²) in [6.45, 7) is 0. The first-order chi connectivity index (χ1) is 10.3. The van der Waals surface area contributed by atoms with E-state index in [1.807, 2.05) is 60.7 Å². The van der Waals surface area contributed by atoms with Crippen LogP contribution >= 0.6 is 0 Å². The number of rotatable bonds is 1. The van der Waals surface area contributed by atoms with Gasteiger partial charge in [0.15, 0.2) is 0 Å². The van der Waals surface area contributed by atoms with Gasteiger partial charge in [-0.05, 0) is 22.6 Å². The Morgan fingerprint density at radius 1 is 0.810 bits per heavy atom. The molecular formula is C18H11NO2. The number of carbonyl (C=O) groups is 2. The van der Waals surface area contributed by atoms with Crippen LogP contribution in [0.4, 0.5) is 5.69 Å². The monoisotopic (exact) mass is 273 g/mol. The van der Waals surface area contributed by atoms with Gasteiger partial charge in [-0.3, -0.25) is 9.59 Å². The molecule has 0 aliphatic carbocycles. The van der Waals surface area contributed by atoms with Gasteiger partial charge in [-0.2, -0.15) is 0 Å². The molecule has 0 bridgehead atoms. The highest BCUT2D eigenvalue weighted by atomic mass is 16.2. The molecule has 0 atom stereocenters. The summed E-state index contributed by atoms with van der Waals surface area (Å²) < 4.78 is 0. The van der Waals surface area contributed by atoms with E-state index in [0.717, 1.165) is 21.9 Å². The molecule has 1 amide bonds. The van der Waals surface area contributed by atoms with Crippen molar-refractivity contribution >= 4 is 28.2 Å². The van der Waals surface area contributed by atoms with Crippen LogP contribution < -0.4 is 5.32 Å². The van der Waals surface area contributed by atoms with E-state index < -0.39 is 11.7 Å². The van der Waals surface area contributed by atoms with Crippen LogP contribution in [0, 0.1) is 0 Å². The average molecular weight is 273 g/mol. The summed E-state index contributed by atoms with van der Waals surface area (Å²) in [7, 11) is 0. The highest BCUT2D eigenvalue weighted by Gasteiger charge is 2.32. The molecule has 0 fully saturated rings. The molecule has 0 radical (unpaired) electrons. The second-order valence-electron chi connectivity index (χ2n) is 5.04. The number of anilines is 1. The Labute approximate surface area is 121 Å². The molecule has 1 aliphatic heterocycles. The van der Waals surface area contributed by atoms with E-state index in [1.54, 1.807) is 0 Å². The van der Waals surface area contributed by atoms with Crippen LogP contribution in [0.25, 0.3) is 21.9 Å². The maximum absolute atomic E-state index is 12.2. The van der Waals surface area contributed by atoms with Gasteiger partial charge in [0.1, 0.15) is 0 Å². The van der Waals surface area contributed by atoms with Crippen molar-refractivity contribution < 1.29 is 9.59 Å². The summed E-state index contributed by atoms with van der Waals surface area (Å²) in [6, 6.07) is 19.4. The van der Waals surface area contributed by atoms with Gasteiger partial charge in [-0.1, -0.05) is 54.6 Å². The van der Waals surface area contributed by atoms with Crippen LogP contribution in [-0.4, -0.2) is 11.7 Å². The number of hydrogen-bond donors (Lipinski definition) is 1. The minimum absolute atomic E-state index is 0.463. The van der Waals surface area contributed by atoms with E-state index in [-0.39, 0.29) is 0 Å². The summed E-state index contributed by atoms with van der Waals surface area (Å²) in [5.74, 6) is -1.02.